The van der Waals surface area contributed by atoms with Gasteiger partial charge in [0, 0.05) is 11.6 Å². The SMILES string of the molecule is CCNC(Cc1ccsc1)c1cc(OC)ccc1OC. The summed E-state index contributed by atoms with van der Waals surface area (Å²) in [6.07, 6.45) is 0.945. The number of ether oxygens (including phenoxy) is 2. The van der Waals surface area contributed by atoms with E-state index in [4.69, 9.17) is 9.47 Å². The van der Waals surface area contributed by atoms with Gasteiger partial charge in [-0.15, -0.1) is 0 Å². The molecule has 20 heavy (non-hydrogen) atoms. The lowest BCUT2D eigenvalue weighted by Crippen LogP contribution is -2.23. The van der Waals surface area contributed by atoms with Crippen LogP contribution in [-0.2, 0) is 6.42 Å². The molecule has 1 aromatic heterocycles. The first kappa shape index (κ1) is 14.9. The first-order valence-corrected chi connectivity index (χ1v) is 7.69. The highest BCUT2D eigenvalue weighted by Gasteiger charge is 2.17. The van der Waals surface area contributed by atoms with Crippen molar-refractivity contribution in [3.05, 3.63) is 46.2 Å². The molecule has 1 unspecified atom stereocenters. The van der Waals surface area contributed by atoms with Gasteiger partial charge in [0.1, 0.15) is 11.5 Å². The molecule has 1 heterocycles. The zero-order valence-electron chi connectivity index (χ0n) is 12.2. The highest BCUT2D eigenvalue weighted by atomic mass is 32.1. The minimum absolute atomic E-state index is 0.222. The summed E-state index contributed by atoms with van der Waals surface area (Å²) in [5.74, 6) is 1.75. The summed E-state index contributed by atoms with van der Waals surface area (Å²) < 4.78 is 10.8. The van der Waals surface area contributed by atoms with Crippen molar-refractivity contribution in [3.8, 4) is 11.5 Å². The number of likely N-dealkylation sites (N-methyl/N-ethyl adjacent to an activating group) is 1. The normalized spacial score (nSPS) is 12.2. The maximum atomic E-state index is 5.50. The van der Waals surface area contributed by atoms with Crippen molar-refractivity contribution in [1.82, 2.24) is 5.32 Å². The second-order valence-corrected chi connectivity index (χ2v) is 5.33. The number of rotatable bonds is 7. The van der Waals surface area contributed by atoms with E-state index in [-0.39, 0.29) is 6.04 Å². The van der Waals surface area contributed by atoms with Gasteiger partial charge in [0.15, 0.2) is 0 Å². The summed E-state index contributed by atoms with van der Waals surface area (Å²) in [7, 11) is 3.39. The molecule has 108 valence electrons. The monoisotopic (exact) mass is 291 g/mol. The zero-order chi connectivity index (χ0) is 14.4. The van der Waals surface area contributed by atoms with Crippen LogP contribution < -0.4 is 14.8 Å². The van der Waals surface area contributed by atoms with Crippen LogP contribution in [0.15, 0.2) is 35.0 Å². The molecule has 0 saturated heterocycles. The lowest BCUT2D eigenvalue weighted by molar-refractivity contribution is 0.389. The highest BCUT2D eigenvalue weighted by Crippen LogP contribution is 2.31. The summed E-state index contributed by atoms with van der Waals surface area (Å²) in [6.45, 7) is 3.03. The third kappa shape index (κ3) is 3.52. The van der Waals surface area contributed by atoms with Crippen LogP contribution in [0.5, 0.6) is 11.5 Å². The number of methoxy groups -OCH3 is 2. The van der Waals surface area contributed by atoms with Crippen LogP contribution >= 0.6 is 11.3 Å². The fourth-order valence-corrected chi connectivity index (χ4v) is 2.98. The van der Waals surface area contributed by atoms with Gasteiger partial charge in [0.2, 0.25) is 0 Å². The largest absolute Gasteiger partial charge is 0.497 e. The number of hydrogen-bond acceptors (Lipinski definition) is 4. The van der Waals surface area contributed by atoms with Crippen LogP contribution in [0.3, 0.4) is 0 Å². The van der Waals surface area contributed by atoms with Crippen molar-refractivity contribution in [2.24, 2.45) is 0 Å². The first-order chi connectivity index (χ1) is 9.78. The van der Waals surface area contributed by atoms with Gasteiger partial charge in [0.05, 0.1) is 14.2 Å². The molecule has 0 bridgehead atoms. The molecule has 0 radical (unpaired) electrons. The lowest BCUT2D eigenvalue weighted by Gasteiger charge is -2.21. The van der Waals surface area contributed by atoms with Gasteiger partial charge in [-0.3, -0.25) is 0 Å². The van der Waals surface area contributed by atoms with Crippen molar-refractivity contribution in [3.63, 3.8) is 0 Å². The maximum absolute atomic E-state index is 5.50. The topological polar surface area (TPSA) is 30.5 Å². The summed E-state index contributed by atoms with van der Waals surface area (Å²) in [6, 6.07) is 8.34. The Hall–Kier alpha value is -1.52. The molecule has 3 nitrogen and oxygen atoms in total. The summed E-state index contributed by atoms with van der Waals surface area (Å²) in [5, 5.41) is 7.84. The van der Waals surface area contributed by atoms with Gasteiger partial charge in [-0.2, -0.15) is 11.3 Å². The van der Waals surface area contributed by atoms with Crippen LogP contribution in [0.4, 0.5) is 0 Å². The van der Waals surface area contributed by atoms with Crippen molar-refractivity contribution in [1.29, 1.82) is 0 Å². The third-order valence-electron chi connectivity index (χ3n) is 3.28. The van der Waals surface area contributed by atoms with Gasteiger partial charge in [0.25, 0.3) is 0 Å². The van der Waals surface area contributed by atoms with Crippen LogP contribution in [-0.4, -0.2) is 20.8 Å². The maximum Gasteiger partial charge on any atom is 0.123 e. The van der Waals surface area contributed by atoms with Crippen molar-refractivity contribution in [2.75, 3.05) is 20.8 Å². The fourth-order valence-electron chi connectivity index (χ4n) is 2.29. The fraction of sp³-hybridized carbons (Fsp3) is 0.375. The van der Waals surface area contributed by atoms with Gasteiger partial charge in [-0.05, 0) is 53.6 Å². The Morgan fingerprint density at radius 3 is 2.65 bits per heavy atom. The number of benzene rings is 1. The molecule has 1 N–H and O–H groups in total. The summed E-state index contributed by atoms with van der Waals surface area (Å²) in [5.41, 5.74) is 2.48. The molecule has 0 amide bonds. The smallest absolute Gasteiger partial charge is 0.123 e. The minimum Gasteiger partial charge on any atom is -0.497 e. The molecule has 1 atom stereocenters. The number of thiophene rings is 1. The van der Waals surface area contributed by atoms with Crippen LogP contribution in [0, 0.1) is 0 Å². The number of nitrogens with one attached hydrogen (secondary N) is 1. The van der Waals surface area contributed by atoms with E-state index in [2.05, 4.69) is 35.1 Å². The molecule has 0 spiro atoms. The van der Waals surface area contributed by atoms with E-state index in [0.29, 0.717) is 0 Å². The molecular formula is C16H21NO2S. The Morgan fingerprint density at radius 1 is 1.20 bits per heavy atom. The predicted molar refractivity (Wildman–Crippen MR) is 84.0 cm³/mol. The van der Waals surface area contributed by atoms with E-state index in [1.54, 1.807) is 25.6 Å². The van der Waals surface area contributed by atoms with E-state index >= 15 is 0 Å². The third-order valence-corrected chi connectivity index (χ3v) is 4.01. The molecular weight excluding hydrogens is 270 g/mol. The zero-order valence-corrected chi connectivity index (χ0v) is 13.0. The van der Waals surface area contributed by atoms with Gasteiger partial charge < -0.3 is 14.8 Å². The molecule has 0 fully saturated rings. The molecule has 0 aliphatic heterocycles. The van der Waals surface area contributed by atoms with E-state index in [9.17, 15) is 0 Å². The molecule has 0 saturated carbocycles. The van der Waals surface area contributed by atoms with E-state index in [1.807, 2.05) is 12.1 Å². The van der Waals surface area contributed by atoms with E-state index < -0.39 is 0 Å². The van der Waals surface area contributed by atoms with Gasteiger partial charge >= 0.3 is 0 Å². The van der Waals surface area contributed by atoms with Crippen LogP contribution in [0.25, 0.3) is 0 Å². The van der Waals surface area contributed by atoms with Crippen molar-refractivity contribution in [2.45, 2.75) is 19.4 Å². The van der Waals surface area contributed by atoms with Gasteiger partial charge in [-0.25, -0.2) is 0 Å². The molecule has 0 aliphatic rings. The van der Waals surface area contributed by atoms with E-state index in [0.717, 1.165) is 30.0 Å². The Labute approximate surface area is 124 Å². The Kier molecular flexibility index (Phi) is 5.44. The summed E-state index contributed by atoms with van der Waals surface area (Å²) in [4.78, 5) is 0. The Balaban J connectivity index is 2.31. The van der Waals surface area contributed by atoms with Crippen LogP contribution in [0.1, 0.15) is 24.1 Å². The second kappa shape index (κ2) is 7.31. The molecule has 2 rings (SSSR count). The van der Waals surface area contributed by atoms with Gasteiger partial charge in [-0.1, -0.05) is 6.92 Å². The van der Waals surface area contributed by atoms with Crippen molar-refractivity contribution >= 4 is 11.3 Å². The Bertz CT molecular complexity index is 525. The minimum atomic E-state index is 0.222. The highest BCUT2D eigenvalue weighted by molar-refractivity contribution is 7.07. The molecule has 2 aromatic rings. The standard InChI is InChI=1S/C16H21NO2S/c1-4-17-15(9-12-7-8-20-11-12)14-10-13(18-2)5-6-16(14)19-3/h5-8,10-11,15,17H,4,9H2,1-3H3. The lowest BCUT2D eigenvalue weighted by atomic mass is 9.99. The Morgan fingerprint density at radius 2 is 2.05 bits per heavy atom. The summed E-state index contributed by atoms with van der Waals surface area (Å²) >= 11 is 1.73. The number of hydrogen-bond donors (Lipinski definition) is 1. The predicted octanol–water partition coefficient (Wildman–Crippen LogP) is 3.66. The average Bonchev–Trinajstić information content (AvgIpc) is 2.99. The molecule has 0 aliphatic carbocycles. The first-order valence-electron chi connectivity index (χ1n) is 6.74. The quantitative estimate of drug-likeness (QED) is 0.844. The molecule has 1 aromatic carbocycles. The van der Waals surface area contributed by atoms with E-state index in [1.165, 1.54) is 5.56 Å². The second-order valence-electron chi connectivity index (χ2n) is 4.55. The molecule has 4 heteroatoms. The van der Waals surface area contributed by atoms with Crippen LogP contribution in [0.2, 0.25) is 0 Å². The average molecular weight is 291 g/mol. The van der Waals surface area contributed by atoms with Crippen molar-refractivity contribution < 1.29 is 9.47 Å².